The molecule has 3 N–H and O–H groups in total. The first-order valence-electron chi connectivity index (χ1n) is 9.31. The number of alkyl halides is 3. The topological polar surface area (TPSA) is 95.5 Å². The number of phenolic OH excluding ortho intramolecular Hbond substituents is 1. The molecule has 1 aliphatic rings. The quantitative estimate of drug-likeness (QED) is 0.369. The summed E-state index contributed by atoms with van der Waals surface area (Å²) in [5.74, 6) is -2.14. The number of para-hydroxylation sites is 1. The molecule has 0 saturated carbocycles. The summed E-state index contributed by atoms with van der Waals surface area (Å²) in [5, 5.41) is 12.4. The largest absolute Gasteiger partial charge is 0.504 e. The molecule has 170 valence electrons. The van der Waals surface area contributed by atoms with Crippen molar-refractivity contribution in [1.82, 2.24) is 0 Å². The Morgan fingerprint density at radius 1 is 1.00 bits per heavy atom. The van der Waals surface area contributed by atoms with E-state index < -0.39 is 39.2 Å². The van der Waals surface area contributed by atoms with E-state index in [9.17, 15) is 35.9 Å². The molecule has 4 rings (SSSR count). The number of amides is 1. The van der Waals surface area contributed by atoms with Crippen LogP contribution in [0, 0.1) is 5.82 Å². The minimum Gasteiger partial charge on any atom is -0.504 e. The van der Waals surface area contributed by atoms with E-state index in [1.54, 1.807) is 0 Å². The Morgan fingerprint density at radius 3 is 2.36 bits per heavy atom. The van der Waals surface area contributed by atoms with E-state index >= 15 is 0 Å². The molecule has 0 saturated heterocycles. The van der Waals surface area contributed by atoms with Crippen LogP contribution in [0.25, 0.3) is 11.6 Å². The molecular formula is C22H14F4N2O4S. The maximum atomic E-state index is 13.6. The second-order valence-electron chi connectivity index (χ2n) is 7.08. The zero-order chi connectivity index (χ0) is 24.0. The molecule has 0 fully saturated rings. The number of rotatable bonds is 4. The number of carbonyl (C=O) groups is 1. The highest BCUT2D eigenvalue weighted by Gasteiger charge is 2.30. The van der Waals surface area contributed by atoms with Gasteiger partial charge in [-0.2, -0.15) is 13.2 Å². The maximum Gasteiger partial charge on any atom is 0.416 e. The monoisotopic (exact) mass is 478 g/mol. The number of aromatic hydroxyl groups is 1. The van der Waals surface area contributed by atoms with Crippen molar-refractivity contribution in [2.24, 2.45) is 0 Å². The maximum absolute atomic E-state index is 13.6. The number of carbonyl (C=O) groups excluding carboxylic acids is 1. The van der Waals surface area contributed by atoms with Crippen LogP contribution >= 0.6 is 0 Å². The summed E-state index contributed by atoms with van der Waals surface area (Å²) in [6, 6.07) is 11.0. The molecule has 0 spiro atoms. The standard InChI is InChI=1S/C22H14F4N2O4S/c23-18-3-1-2-12(20(18)29)10-17-16-11-15(8-9-19(16)27-21(17)30)33(31,32)28-14-6-4-13(5-7-14)22(24,25)26/h1-11,28-29H,(H,27,30). The number of fused-ring (bicyclic) bond motifs is 1. The summed E-state index contributed by atoms with van der Waals surface area (Å²) < 4.78 is 79.5. The van der Waals surface area contributed by atoms with E-state index in [2.05, 4.69) is 10.0 Å². The molecular weight excluding hydrogens is 464 g/mol. The van der Waals surface area contributed by atoms with E-state index in [0.717, 1.165) is 30.3 Å². The summed E-state index contributed by atoms with van der Waals surface area (Å²) in [5.41, 5.74) is -0.503. The van der Waals surface area contributed by atoms with Crippen molar-refractivity contribution < 1.29 is 35.9 Å². The third-order valence-electron chi connectivity index (χ3n) is 4.87. The van der Waals surface area contributed by atoms with Crippen molar-refractivity contribution in [3.63, 3.8) is 0 Å². The Balaban J connectivity index is 1.68. The SMILES string of the molecule is O=C1Nc2ccc(S(=O)(=O)Nc3ccc(C(F)(F)F)cc3)cc2C1=Cc1cccc(F)c1O. The number of benzene rings is 3. The molecule has 0 radical (unpaired) electrons. The Hall–Kier alpha value is -3.86. The van der Waals surface area contributed by atoms with Gasteiger partial charge < -0.3 is 10.4 Å². The Kier molecular flexibility index (Phi) is 5.36. The smallest absolute Gasteiger partial charge is 0.416 e. The molecule has 0 atom stereocenters. The van der Waals surface area contributed by atoms with E-state index in [-0.39, 0.29) is 27.3 Å². The molecule has 3 aromatic rings. The minimum absolute atomic E-state index is 0.00233. The molecule has 6 nitrogen and oxygen atoms in total. The number of nitrogens with one attached hydrogen (secondary N) is 2. The van der Waals surface area contributed by atoms with Crippen LogP contribution in [-0.2, 0) is 21.0 Å². The van der Waals surface area contributed by atoms with Gasteiger partial charge in [0.25, 0.3) is 15.9 Å². The van der Waals surface area contributed by atoms with Gasteiger partial charge >= 0.3 is 6.18 Å². The van der Waals surface area contributed by atoms with Crippen molar-refractivity contribution >= 4 is 39.0 Å². The van der Waals surface area contributed by atoms with Crippen molar-refractivity contribution in [3.8, 4) is 5.75 Å². The van der Waals surface area contributed by atoms with Gasteiger partial charge in [-0.3, -0.25) is 9.52 Å². The summed E-state index contributed by atoms with van der Waals surface area (Å²) in [6.45, 7) is 0. The highest BCUT2D eigenvalue weighted by atomic mass is 32.2. The average Bonchev–Trinajstić information content (AvgIpc) is 3.05. The van der Waals surface area contributed by atoms with Crippen LogP contribution in [0.3, 0.4) is 0 Å². The van der Waals surface area contributed by atoms with Crippen LogP contribution in [-0.4, -0.2) is 19.4 Å². The van der Waals surface area contributed by atoms with Gasteiger partial charge in [0.05, 0.1) is 10.5 Å². The lowest BCUT2D eigenvalue weighted by molar-refractivity contribution is -0.137. The lowest BCUT2D eigenvalue weighted by atomic mass is 10.0. The van der Waals surface area contributed by atoms with Crippen molar-refractivity contribution in [2.45, 2.75) is 11.1 Å². The zero-order valence-corrected chi connectivity index (χ0v) is 17.3. The van der Waals surface area contributed by atoms with Gasteiger partial charge in [-0.1, -0.05) is 12.1 Å². The second-order valence-corrected chi connectivity index (χ2v) is 8.76. The van der Waals surface area contributed by atoms with Gasteiger partial charge in [0.15, 0.2) is 11.6 Å². The van der Waals surface area contributed by atoms with Crippen LogP contribution in [0.1, 0.15) is 16.7 Å². The molecule has 0 bridgehead atoms. The first-order chi connectivity index (χ1) is 15.5. The van der Waals surface area contributed by atoms with Crippen LogP contribution in [0.15, 0.2) is 65.6 Å². The van der Waals surface area contributed by atoms with Crippen LogP contribution in [0.2, 0.25) is 0 Å². The number of hydrogen-bond acceptors (Lipinski definition) is 4. The predicted octanol–water partition coefficient (Wildman–Crippen LogP) is 4.84. The Morgan fingerprint density at radius 2 is 1.70 bits per heavy atom. The number of phenols is 1. The average molecular weight is 478 g/mol. The molecule has 11 heteroatoms. The van der Waals surface area contributed by atoms with Crippen molar-refractivity contribution in [3.05, 3.63) is 83.2 Å². The second kappa shape index (κ2) is 7.93. The lowest BCUT2D eigenvalue weighted by Gasteiger charge is -2.11. The molecule has 0 unspecified atom stereocenters. The molecule has 3 aromatic carbocycles. The van der Waals surface area contributed by atoms with Crippen molar-refractivity contribution in [2.75, 3.05) is 10.0 Å². The van der Waals surface area contributed by atoms with E-state index in [1.165, 1.54) is 36.4 Å². The predicted molar refractivity (Wildman–Crippen MR) is 113 cm³/mol. The fourth-order valence-electron chi connectivity index (χ4n) is 3.22. The van der Waals surface area contributed by atoms with Crippen LogP contribution in [0.5, 0.6) is 5.75 Å². The molecule has 1 amide bonds. The Bertz CT molecular complexity index is 1400. The minimum atomic E-state index is -4.56. The van der Waals surface area contributed by atoms with Gasteiger partial charge in [0, 0.05) is 28.1 Å². The van der Waals surface area contributed by atoms with Gasteiger partial charge in [-0.05, 0) is 54.6 Å². The highest BCUT2D eigenvalue weighted by molar-refractivity contribution is 7.92. The molecule has 0 aliphatic carbocycles. The van der Waals surface area contributed by atoms with Gasteiger partial charge in [0.2, 0.25) is 0 Å². The molecule has 0 aromatic heterocycles. The number of anilines is 2. The summed E-state index contributed by atoms with van der Waals surface area (Å²) in [7, 11) is -4.22. The van der Waals surface area contributed by atoms with Crippen LogP contribution in [0.4, 0.5) is 28.9 Å². The summed E-state index contributed by atoms with van der Waals surface area (Å²) in [4.78, 5) is 12.1. The van der Waals surface area contributed by atoms with E-state index in [4.69, 9.17) is 0 Å². The lowest BCUT2D eigenvalue weighted by Crippen LogP contribution is -2.13. The molecule has 33 heavy (non-hydrogen) atoms. The highest BCUT2D eigenvalue weighted by Crippen LogP contribution is 2.37. The third-order valence-corrected chi connectivity index (χ3v) is 6.25. The fourth-order valence-corrected chi connectivity index (χ4v) is 4.31. The Labute approximate surface area is 185 Å². The molecule has 1 aliphatic heterocycles. The number of sulfonamides is 1. The van der Waals surface area contributed by atoms with E-state index in [0.29, 0.717) is 5.69 Å². The first kappa shape index (κ1) is 22.3. The first-order valence-corrected chi connectivity index (χ1v) is 10.8. The summed E-state index contributed by atoms with van der Waals surface area (Å²) >= 11 is 0. The third kappa shape index (κ3) is 4.40. The van der Waals surface area contributed by atoms with E-state index in [1.807, 2.05) is 0 Å². The number of halogens is 4. The summed E-state index contributed by atoms with van der Waals surface area (Å²) in [6.07, 6.45) is -3.34. The van der Waals surface area contributed by atoms with Crippen LogP contribution < -0.4 is 10.0 Å². The molecule has 1 heterocycles. The fraction of sp³-hybridized carbons (Fsp3) is 0.0455. The van der Waals surface area contributed by atoms with Gasteiger partial charge in [-0.15, -0.1) is 0 Å². The number of hydrogen-bond donors (Lipinski definition) is 3. The van der Waals surface area contributed by atoms with Crippen molar-refractivity contribution in [1.29, 1.82) is 0 Å². The van der Waals surface area contributed by atoms with Gasteiger partial charge in [0.1, 0.15) is 0 Å². The van der Waals surface area contributed by atoms with Gasteiger partial charge in [-0.25, -0.2) is 12.8 Å². The zero-order valence-electron chi connectivity index (χ0n) is 16.4. The normalized spacial score (nSPS) is 14.8.